The van der Waals surface area contributed by atoms with Gasteiger partial charge >= 0.3 is 0 Å². The summed E-state index contributed by atoms with van der Waals surface area (Å²) in [7, 11) is -1.30. The van der Waals surface area contributed by atoms with E-state index in [1.54, 1.807) is 0 Å². The third-order valence-corrected chi connectivity index (χ3v) is 9.79. The van der Waals surface area contributed by atoms with Crippen molar-refractivity contribution in [1.82, 2.24) is 9.97 Å². The molecular weight excluding hydrogens is 729 g/mol. The average Bonchev–Trinajstić information content (AvgIpc) is 3.05. The summed E-state index contributed by atoms with van der Waals surface area (Å²) in [6.07, 6.45) is 3.85. The normalized spacial score (nSPS) is 11.0. The standard InChI is InChI=1S/C21H22NSi.C19H12N.Ir/c1-16-10-11-18(14-20(16)17-8-6-5-7-9-17)21-13-12-19(15-22-21)23(2,3)4;1-2-6-17-14(5-1)8-9-15-13-16(10-11-18(15)17)19-7-3-4-12-20-19;/h5-10,12-15H,1-4H3;1-9,11-13H;/q2*-1;. The monoisotopic (exact) mass is 763 g/mol. The molecule has 2 nitrogen and oxygen atoms in total. The van der Waals surface area contributed by atoms with Gasteiger partial charge in [0.2, 0.25) is 0 Å². The van der Waals surface area contributed by atoms with Crippen LogP contribution in [0, 0.1) is 19.1 Å². The van der Waals surface area contributed by atoms with E-state index in [0.29, 0.717) is 0 Å². The SMILES string of the molecule is Cc1c[c-]c(-c2ccc([Si](C)(C)C)cn2)cc1-c1ccccc1.[Ir].[c-]1cc2c(ccc3ccccc32)cc1-c1ccccn1. The Balaban J connectivity index is 0.000000172. The molecule has 219 valence electrons. The molecule has 0 bridgehead atoms. The number of pyridine rings is 2. The second-order valence-electron chi connectivity index (χ2n) is 11.8. The molecule has 4 heteroatoms. The van der Waals surface area contributed by atoms with Crippen molar-refractivity contribution in [1.29, 1.82) is 0 Å². The van der Waals surface area contributed by atoms with Crippen molar-refractivity contribution in [3.8, 4) is 33.6 Å². The molecule has 0 aliphatic carbocycles. The van der Waals surface area contributed by atoms with E-state index in [-0.39, 0.29) is 20.1 Å². The van der Waals surface area contributed by atoms with Crippen LogP contribution in [0.4, 0.5) is 0 Å². The Morgan fingerprint density at radius 2 is 1.27 bits per heavy atom. The number of hydrogen-bond acceptors (Lipinski definition) is 2. The Kier molecular flexibility index (Phi) is 9.66. The van der Waals surface area contributed by atoms with Gasteiger partial charge in [0.25, 0.3) is 0 Å². The van der Waals surface area contributed by atoms with Gasteiger partial charge in [0.05, 0.1) is 8.07 Å². The van der Waals surface area contributed by atoms with Crippen LogP contribution in [-0.2, 0) is 20.1 Å². The fourth-order valence-electron chi connectivity index (χ4n) is 5.25. The molecule has 0 saturated heterocycles. The number of nitrogens with zero attached hydrogens (tertiary/aromatic N) is 2. The van der Waals surface area contributed by atoms with Gasteiger partial charge < -0.3 is 9.97 Å². The second kappa shape index (κ2) is 13.6. The van der Waals surface area contributed by atoms with Crippen LogP contribution in [-0.4, -0.2) is 18.0 Å². The van der Waals surface area contributed by atoms with Gasteiger partial charge in [-0.1, -0.05) is 134 Å². The van der Waals surface area contributed by atoms with Crippen LogP contribution in [0.1, 0.15) is 5.56 Å². The minimum absolute atomic E-state index is 0. The first-order chi connectivity index (χ1) is 20.9. The Hall–Kier alpha value is -4.21. The summed E-state index contributed by atoms with van der Waals surface area (Å²) in [6, 6.07) is 48.8. The van der Waals surface area contributed by atoms with E-state index >= 15 is 0 Å². The van der Waals surface area contributed by atoms with Crippen LogP contribution in [0.2, 0.25) is 19.6 Å². The van der Waals surface area contributed by atoms with Gasteiger partial charge in [-0.05, 0) is 33.6 Å². The van der Waals surface area contributed by atoms with Crippen LogP contribution in [0.15, 0.2) is 134 Å². The summed E-state index contributed by atoms with van der Waals surface area (Å²) in [5, 5.41) is 6.38. The van der Waals surface area contributed by atoms with Crippen molar-refractivity contribution in [2.24, 2.45) is 0 Å². The van der Waals surface area contributed by atoms with Crippen molar-refractivity contribution in [3.05, 3.63) is 151 Å². The zero-order chi connectivity index (χ0) is 29.8. The van der Waals surface area contributed by atoms with Crippen molar-refractivity contribution in [3.63, 3.8) is 0 Å². The largest absolute Gasteiger partial charge is 0.305 e. The van der Waals surface area contributed by atoms with E-state index < -0.39 is 8.07 Å². The van der Waals surface area contributed by atoms with E-state index in [2.05, 4.69) is 146 Å². The third kappa shape index (κ3) is 6.95. The average molecular weight is 763 g/mol. The summed E-state index contributed by atoms with van der Waals surface area (Å²) >= 11 is 0. The van der Waals surface area contributed by atoms with Gasteiger partial charge in [0, 0.05) is 32.5 Å². The number of aryl methyl sites for hydroxylation is 1. The molecule has 0 aliphatic heterocycles. The van der Waals surface area contributed by atoms with Crippen LogP contribution in [0.5, 0.6) is 0 Å². The maximum atomic E-state index is 4.68. The molecule has 0 unspecified atom stereocenters. The van der Waals surface area contributed by atoms with Gasteiger partial charge in [-0.25, -0.2) is 0 Å². The molecule has 0 saturated carbocycles. The maximum Gasteiger partial charge on any atom is 0.0795 e. The minimum Gasteiger partial charge on any atom is -0.305 e. The Morgan fingerprint density at radius 1 is 0.591 bits per heavy atom. The molecule has 0 atom stereocenters. The topological polar surface area (TPSA) is 25.8 Å². The first kappa shape index (κ1) is 31.2. The Labute approximate surface area is 275 Å². The molecule has 7 aromatic rings. The number of benzene rings is 5. The summed E-state index contributed by atoms with van der Waals surface area (Å²) in [6.45, 7) is 9.16. The molecule has 2 heterocycles. The molecule has 44 heavy (non-hydrogen) atoms. The van der Waals surface area contributed by atoms with Gasteiger partial charge in [-0.15, -0.1) is 58.5 Å². The molecule has 7 rings (SSSR count). The first-order valence-corrected chi connectivity index (χ1v) is 18.2. The number of aromatic nitrogens is 2. The molecule has 0 amide bonds. The van der Waals surface area contributed by atoms with Gasteiger partial charge in [0.1, 0.15) is 0 Å². The van der Waals surface area contributed by atoms with Crippen molar-refractivity contribution in [2.45, 2.75) is 26.6 Å². The number of hydrogen-bond donors (Lipinski definition) is 0. The molecule has 1 radical (unpaired) electrons. The van der Waals surface area contributed by atoms with Gasteiger partial charge in [0.15, 0.2) is 0 Å². The van der Waals surface area contributed by atoms with Crippen LogP contribution in [0.25, 0.3) is 55.2 Å². The van der Waals surface area contributed by atoms with E-state index in [4.69, 9.17) is 0 Å². The first-order valence-electron chi connectivity index (χ1n) is 14.7. The van der Waals surface area contributed by atoms with Crippen LogP contribution < -0.4 is 5.19 Å². The van der Waals surface area contributed by atoms with Crippen LogP contribution >= 0.6 is 0 Å². The van der Waals surface area contributed by atoms with Crippen LogP contribution in [0.3, 0.4) is 0 Å². The summed E-state index contributed by atoms with van der Waals surface area (Å²) < 4.78 is 0. The quantitative estimate of drug-likeness (QED) is 0.101. The van der Waals surface area contributed by atoms with Gasteiger partial charge in [-0.2, -0.15) is 0 Å². The number of fused-ring (bicyclic) bond motifs is 3. The molecule has 5 aromatic carbocycles. The zero-order valence-corrected chi connectivity index (χ0v) is 28.8. The fraction of sp³-hybridized carbons (Fsp3) is 0.100. The predicted octanol–water partition coefficient (Wildman–Crippen LogP) is 9.92. The third-order valence-electron chi connectivity index (χ3n) is 7.77. The minimum atomic E-state index is -1.30. The molecule has 0 N–H and O–H groups in total. The fourth-order valence-corrected chi connectivity index (χ4v) is 6.29. The summed E-state index contributed by atoms with van der Waals surface area (Å²) in [5.74, 6) is 0. The van der Waals surface area contributed by atoms with E-state index in [1.807, 2.05) is 36.7 Å². The molecule has 2 aromatic heterocycles. The summed E-state index contributed by atoms with van der Waals surface area (Å²) in [5.41, 5.74) is 7.75. The second-order valence-corrected chi connectivity index (χ2v) is 16.9. The summed E-state index contributed by atoms with van der Waals surface area (Å²) in [4.78, 5) is 9.07. The molecule has 0 fully saturated rings. The molecule has 0 aliphatic rings. The molecular formula is C40H34IrN2Si-2. The predicted molar refractivity (Wildman–Crippen MR) is 185 cm³/mol. The Morgan fingerprint density at radius 3 is 2.00 bits per heavy atom. The number of rotatable bonds is 4. The van der Waals surface area contributed by atoms with Crippen molar-refractivity contribution in [2.75, 3.05) is 0 Å². The van der Waals surface area contributed by atoms with E-state index in [1.165, 1.54) is 43.4 Å². The van der Waals surface area contributed by atoms with E-state index in [9.17, 15) is 0 Å². The maximum absolute atomic E-state index is 4.68. The van der Waals surface area contributed by atoms with E-state index in [0.717, 1.165) is 22.5 Å². The Bertz CT molecular complexity index is 2000. The smallest absolute Gasteiger partial charge is 0.0795 e. The zero-order valence-electron chi connectivity index (χ0n) is 25.4. The van der Waals surface area contributed by atoms with Crippen molar-refractivity contribution < 1.29 is 20.1 Å². The van der Waals surface area contributed by atoms with Gasteiger partial charge in [-0.3, -0.25) is 0 Å². The van der Waals surface area contributed by atoms with Crippen molar-refractivity contribution >= 4 is 34.8 Å². The molecule has 0 spiro atoms.